The van der Waals surface area contributed by atoms with Crippen LogP contribution in [0.4, 0.5) is 17.6 Å². The van der Waals surface area contributed by atoms with E-state index in [-0.39, 0.29) is 23.4 Å². The van der Waals surface area contributed by atoms with Crippen LogP contribution in [0.2, 0.25) is 5.02 Å². The molecule has 1 heterocycles. The Hall–Kier alpha value is -2.40. The van der Waals surface area contributed by atoms with Gasteiger partial charge >= 0.3 is 6.18 Å². The molecule has 144 valence electrons. The molecule has 0 bridgehead atoms. The molecule has 4 nitrogen and oxygen atoms in total. The molecule has 1 fully saturated rings. The Morgan fingerprint density at radius 3 is 2.56 bits per heavy atom. The quantitative estimate of drug-likeness (QED) is 0.561. The van der Waals surface area contributed by atoms with Gasteiger partial charge in [-0.25, -0.2) is 9.07 Å². The molecular formula is C18H15ClF4N2O2. The van der Waals surface area contributed by atoms with Gasteiger partial charge in [-0.05, 0) is 31.7 Å². The molecule has 0 spiro atoms. The highest BCUT2D eigenvalue weighted by atomic mass is 35.5. The van der Waals surface area contributed by atoms with Crippen LogP contribution >= 0.6 is 11.6 Å². The molecule has 1 aliphatic carbocycles. The summed E-state index contributed by atoms with van der Waals surface area (Å²) in [5.41, 5.74) is -3.28. The van der Waals surface area contributed by atoms with Crippen molar-refractivity contribution in [3.63, 3.8) is 0 Å². The summed E-state index contributed by atoms with van der Waals surface area (Å²) in [4.78, 5) is 12.3. The molecule has 0 amide bonds. The zero-order chi connectivity index (χ0) is 19.8. The van der Waals surface area contributed by atoms with E-state index in [1.807, 2.05) is 0 Å². The van der Waals surface area contributed by atoms with Crippen LogP contribution < -0.4 is 10.3 Å². The predicted octanol–water partition coefficient (Wildman–Crippen LogP) is 4.40. The van der Waals surface area contributed by atoms with E-state index < -0.39 is 28.8 Å². The summed E-state index contributed by atoms with van der Waals surface area (Å²) in [5.74, 6) is 1.29. The number of ether oxygens (including phenoxy) is 1. The van der Waals surface area contributed by atoms with E-state index in [1.165, 1.54) is 0 Å². The van der Waals surface area contributed by atoms with Crippen LogP contribution in [0.25, 0.3) is 5.69 Å². The van der Waals surface area contributed by atoms with Gasteiger partial charge in [-0.2, -0.15) is 13.2 Å². The van der Waals surface area contributed by atoms with E-state index in [4.69, 9.17) is 22.8 Å². The maximum Gasteiger partial charge on any atom is 0.423 e. The van der Waals surface area contributed by atoms with Crippen molar-refractivity contribution in [2.75, 3.05) is 0 Å². The number of rotatable bonds is 4. The van der Waals surface area contributed by atoms with E-state index in [2.05, 4.69) is 5.92 Å². The zero-order valence-electron chi connectivity index (χ0n) is 14.0. The van der Waals surface area contributed by atoms with Crippen LogP contribution in [-0.2, 0) is 12.7 Å². The second kappa shape index (κ2) is 7.31. The summed E-state index contributed by atoms with van der Waals surface area (Å²) in [6, 6.07) is 2.04. The molecule has 1 aromatic carbocycles. The number of terminal acetylenes is 1. The van der Waals surface area contributed by atoms with Crippen LogP contribution in [0.15, 0.2) is 23.1 Å². The molecule has 1 aromatic heterocycles. The number of hydrogen-bond donors (Lipinski definition) is 0. The van der Waals surface area contributed by atoms with E-state index in [0.717, 1.165) is 42.5 Å². The first-order valence-corrected chi connectivity index (χ1v) is 8.59. The van der Waals surface area contributed by atoms with Crippen LogP contribution in [0.5, 0.6) is 5.75 Å². The summed E-state index contributed by atoms with van der Waals surface area (Å²) < 4.78 is 60.9. The Kier molecular flexibility index (Phi) is 5.24. The van der Waals surface area contributed by atoms with Crippen molar-refractivity contribution in [2.45, 2.75) is 44.5 Å². The molecule has 0 unspecified atom stereocenters. The van der Waals surface area contributed by atoms with Crippen LogP contribution in [0, 0.1) is 18.2 Å². The third-order valence-corrected chi connectivity index (χ3v) is 4.64. The first-order valence-electron chi connectivity index (χ1n) is 8.21. The van der Waals surface area contributed by atoms with E-state index in [9.17, 15) is 22.4 Å². The summed E-state index contributed by atoms with van der Waals surface area (Å²) in [6.45, 7) is -0.355. The minimum Gasteiger partial charge on any atom is -0.489 e. The highest BCUT2D eigenvalue weighted by molar-refractivity contribution is 6.32. The Morgan fingerprint density at radius 1 is 1.30 bits per heavy atom. The minimum absolute atomic E-state index is 0.0256. The Bertz CT molecular complexity index is 950. The molecule has 2 aromatic rings. The lowest BCUT2D eigenvalue weighted by Gasteiger charge is -2.17. The highest BCUT2D eigenvalue weighted by Gasteiger charge is 2.37. The van der Waals surface area contributed by atoms with Crippen molar-refractivity contribution in [3.8, 4) is 23.8 Å². The Balaban J connectivity index is 2.14. The van der Waals surface area contributed by atoms with Crippen molar-refractivity contribution in [1.29, 1.82) is 0 Å². The molecule has 0 N–H and O–H groups in total. The normalized spacial score (nSPS) is 15.1. The van der Waals surface area contributed by atoms with Gasteiger partial charge < -0.3 is 4.74 Å². The molecular weight excluding hydrogens is 388 g/mol. The third-order valence-electron chi connectivity index (χ3n) is 4.34. The molecule has 9 heteroatoms. The fraction of sp³-hybridized carbons (Fsp3) is 0.389. The van der Waals surface area contributed by atoms with E-state index in [1.54, 1.807) is 0 Å². The van der Waals surface area contributed by atoms with Crippen molar-refractivity contribution >= 4 is 11.6 Å². The Labute approximate surface area is 157 Å². The van der Waals surface area contributed by atoms with Crippen LogP contribution in [0.1, 0.15) is 31.2 Å². The zero-order valence-corrected chi connectivity index (χ0v) is 14.8. The molecule has 1 saturated carbocycles. The van der Waals surface area contributed by atoms with Crippen LogP contribution in [-0.4, -0.2) is 15.5 Å². The smallest absolute Gasteiger partial charge is 0.423 e. The van der Waals surface area contributed by atoms with Crippen LogP contribution in [0.3, 0.4) is 0 Å². The lowest BCUT2D eigenvalue weighted by atomic mass is 10.2. The summed E-state index contributed by atoms with van der Waals surface area (Å²) in [5, 5.41) is -0.0256. The number of benzene rings is 1. The first-order chi connectivity index (χ1) is 12.7. The van der Waals surface area contributed by atoms with E-state index in [0.29, 0.717) is 10.9 Å². The van der Waals surface area contributed by atoms with Gasteiger partial charge in [-0.15, -0.1) is 6.42 Å². The average Bonchev–Trinajstić information content (AvgIpc) is 3.18. The van der Waals surface area contributed by atoms with Gasteiger partial charge in [0.05, 0.1) is 17.7 Å². The maximum atomic E-state index is 14.5. The molecule has 27 heavy (non-hydrogen) atoms. The monoisotopic (exact) mass is 402 g/mol. The lowest BCUT2D eigenvalue weighted by Crippen LogP contribution is -2.26. The number of nitrogens with zero attached hydrogens (tertiary/aromatic N) is 2. The van der Waals surface area contributed by atoms with Gasteiger partial charge in [-0.1, -0.05) is 17.5 Å². The predicted molar refractivity (Wildman–Crippen MR) is 91.7 cm³/mol. The number of halogens is 5. The summed E-state index contributed by atoms with van der Waals surface area (Å²) >= 11 is 6.01. The fourth-order valence-electron chi connectivity index (χ4n) is 3.10. The second-order valence-electron chi connectivity index (χ2n) is 6.22. The Morgan fingerprint density at radius 2 is 1.96 bits per heavy atom. The average molecular weight is 403 g/mol. The van der Waals surface area contributed by atoms with Gasteiger partial charge in [0.25, 0.3) is 5.56 Å². The first kappa shape index (κ1) is 19.4. The third kappa shape index (κ3) is 3.83. The topological polar surface area (TPSA) is 36.2 Å². The van der Waals surface area contributed by atoms with Crippen molar-refractivity contribution in [1.82, 2.24) is 9.36 Å². The molecule has 1 aliphatic rings. The molecule has 0 radical (unpaired) electrons. The maximum absolute atomic E-state index is 14.5. The number of aromatic nitrogens is 2. The van der Waals surface area contributed by atoms with Gasteiger partial charge in [0.15, 0.2) is 5.82 Å². The number of alkyl halides is 3. The molecule has 0 atom stereocenters. The van der Waals surface area contributed by atoms with E-state index >= 15 is 0 Å². The molecule has 0 saturated heterocycles. The van der Waals surface area contributed by atoms with Crippen molar-refractivity contribution in [2.24, 2.45) is 0 Å². The standard InChI is InChI=1S/C18H15ClF4N2O2/c1-2-7-24-10-12(18(21,22)23)17(26)25(24)15-9-16(13(19)8-14(15)20)27-11-5-3-4-6-11/h1,8-11H,3-7H2. The summed E-state index contributed by atoms with van der Waals surface area (Å²) in [7, 11) is 0. The SMILES string of the molecule is C#CCn1cc(C(F)(F)F)c(=O)n1-c1cc(OC2CCCC2)c(Cl)cc1F. The van der Waals surface area contributed by atoms with Crippen molar-refractivity contribution < 1.29 is 22.3 Å². The largest absolute Gasteiger partial charge is 0.489 e. The highest BCUT2D eigenvalue weighted by Crippen LogP contribution is 2.34. The van der Waals surface area contributed by atoms with Gasteiger partial charge in [-0.3, -0.25) is 9.48 Å². The molecule has 0 aliphatic heterocycles. The fourth-order valence-corrected chi connectivity index (χ4v) is 3.30. The number of hydrogen-bond acceptors (Lipinski definition) is 2. The van der Waals surface area contributed by atoms with Crippen molar-refractivity contribution in [3.05, 3.63) is 45.1 Å². The van der Waals surface area contributed by atoms with Gasteiger partial charge in [0, 0.05) is 12.3 Å². The lowest BCUT2D eigenvalue weighted by molar-refractivity contribution is -0.138. The molecule has 3 rings (SSSR count). The van der Waals surface area contributed by atoms with Gasteiger partial charge in [0.2, 0.25) is 0 Å². The van der Waals surface area contributed by atoms with Gasteiger partial charge in [0.1, 0.15) is 17.0 Å². The summed E-state index contributed by atoms with van der Waals surface area (Å²) in [6.07, 6.45) is 4.29. The minimum atomic E-state index is -4.90. The second-order valence-corrected chi connectivity index (χ2v) is 6.62.